The smallest absolute Gasteiger partial charge is 0.165 e. The lowest BCUT2D eigenvalue weighted by Gasteiger charge is -2.13. The molecule has 7 rings (SSSR count). The lowest BCUT2D eigenvalue weighted by molar-refractivity contribution is 0.415. The summed E-state index contributed by atoms with van der Waals surface area (Å²) in [6, 6.07) is 32.6. The predicted molar refractivity (Wildman–Crippen MR) is 179 cm³/mol. The van der Waals surface area contributed by atoms with E-state index in [9.17, 15) is 4.39 Å². The van der Waals surface area contributed by atoms with Gasteiger partial charge in [-0.15, -0.1) is 0 Å². The molecule has 218 valence electrons. The monoisotopic (exact) mass is 619 g/mol. The van der Waals surface area contributed by atoms with Crippen LogP contribution in [0, 0.1) is 5.82 Å². The molecule has 6 aromatic rings. The van der Waals surface area contributed by atoms with Crippen molar-refractivity contribution >= 4 is 57.1 Å². The van der Waals surface area contributed by atoms with Gasteiger partial charge in [0.1, 0.15) is 11.6 Å². The molecule has 1 aliphatic heterocycles. The van der Waals surface area contributed by atoms with Gasteiger partial charge in [0.25, 0.3) is 0 Å². The molecule has 0 saturated heterocycles. The van der Waals surface area contributed by atoms with E-state index in [1.807, 2.05) is 72.8 Å². The predicted octanol–water partition coefficient (Wildman–Crippen LogP) is 8.25. The lowest BCUT2D eigenvalue weighted by Crippen LogP contribution is -2.31. The largest absolute Gasteiger partial charge is 0.497 e. The van der Waals surface area contributed by atoms with Crippen LogP contribution in [0.25, 0.3) is 38.8 Å². The number of thioether (sulfide) groups is 1. The Morgan fingerprint density at radius 1 is 1.00 bits per heavy atom. The second-order valence-corrected chi connectivity index (χ2v) is 11.7. The minimum absolute atomic E-state index is 0.132. The van der Waals surface area contributed by atoms with Crippen LogP contribution in [0.3, 0.4) is 0 Å². The molecule has 0 amide bonds. The van der Waals surface area contributed by atoms with Gasteiger partial charge in [0.2, 0.25) is 0 Å². The summed E-state index contributed by atoms with van der Waals surface area (Å²) in [5.74, 6) is 0.560. The maximum absolute atomic E-state index is 13.7. The van der Waals surface area contributed by atoms with Crippen molar-refractivity contribution < 1.29 is 9.13 Å². The molecule has 1 aliphatic rings. The third kappa shape index (κ3) is 5.50. The van der Waals surface area contributed by atoms with Crippen molar-refractivity contribution in [2.45, 2.75) is 12.0 Å². The standard InChI is InChI=1S/C35H27ClFN5OS/c1-43-26-16-12-23(13-17-26)31-21-44-35(40-31)41-38-19-25-18-29-27-6-3-5-9-32(27)42(20-22-10-14-24(37)15-11-22)34(29)33(39-25)28-7-2-4-8-30(28)36/h2-19,21,35,40-41H,20H2,1H3. The van der Waals surface area contributed by atoms with Crippen LogP contribution in [-0.4, -0.2) is 28.4 Å². The van der Waals surface area contributed by atoms with Gasteiger partial charge in [-0.3, -0.25) is 5.43 Å². The Balaban J connectivity index is 1.24. The molecule has 6 nitrogen and oxygen atoms in total. The zero-order valence-corrected chi connectivity index (χ0v) is 25.2. The van der Waals surface area contributed by atoms with Gasteiger partial charge in [-0.25, -0.2) is 9.37 Å². The lowest BCUT2D eigenvalue weighted by atomic mass is 10.1. The molecule has 0 aliphatic carbocycles. The van der Waals surface area contributed by atoms with E-state index >= 15 is 0 Å². The van der Waals surface area contributed by atoms with E-state index in [1.54, 1.807) is 25.1 Å². The number of nitrogens with one attached hydrogen (secondary N) is 2. The molecule has 1 unspecified atom stereocenters. The first kappa shape index (κ1) is 28.0. The number of hydrazone groups is 1. The number of methoxy groups -OCH3 is 1. The molecule has 0 spiro atoms. The Morgan fingerprint density at radius 2 is 1.77 bits per heavy atom. The highest BCUT2D eigenvalue weighted by molar-refractivity contribution is 8.03. The van der Waals surface area contributed by atoms with E-state index in [-0.39, 0.29) is 11.3 Å². The minimum atomic E-state index is -0.258. The average Bonchev–Trinajstić information content (AvgIpc) is 3.65. The topological polar surface area (TPSA) is 63.5 Å². The van der Waals surface area contributed by atoms with Crippen molar-refractivity contribution in [2.24, 2.45) is 5.10 Å². The summed E-state index contributed by atoms with van der Waals surface area (Å²) in [5, 5.41) is 12.8. The van der Waals surface area contributed by atoms with Crippen LogP contribution in [0.5, 0.6) is 5.75 Å². The van der Waals surface area contributed by atoms with E-state index in [1.165, 1.54) is 12.1 Å². The normalized spacial score (nSPS) is 14.7. The van der Waals surface area contributed by atoms with Gasteiger partial charge in [0.05, 0.1) is 40.9 Å². The number of nitrogens with zero attached hydrogens (tertiary/aromatic N) is 3. The number of aromatic nitrogens is 2. The highest BCUT2D eigenvalue weighted by atomic mass is 35.5. The number of para-hydroxylation sites is 1. The zero-order chi connectivity index (χ0) is 30.0. The number of hydrogen-bond acceptors (Lipinski definition) is 6. The zero-order valence-electron chi connectivity index (χ0n) is 23.7. The van der Waals surface area contributed by atoms with Crippen LogP contribution < -0.4 is 15.5 Å². The molecule has 2 aromatic heterocycles. The van der Waals surface area contributed by atoms with E-state index in [0.29, 0.717) is 17.3 Å². The molecule has 0 fully saturated rings. The van der Waals surface area contributed by atoms with Crippen molar-refractivity contribution in [1.29, 1.82) is 0 Å². The Kier molecular flexibility index (Phi) is 7.68. The second-order valence-electron chi connectivity index (χ2n) is 10.3. The molecule has 44 heavy (non-hydrogen) atoms. The number of pyridine rings is 1. The summed E-state index contributed by atoms with van der Waals surface area (Å²) in [5.41, 5.74) is 10.4. The molecular weight excluding hydrogens is 593 g/mol. The van der Waals surface area contributed by atoms with Crippen LogP contribution >= 0.6 is 23.4 Å². The maximum atomic E-state index is 13.7. The van der Waals surface area contributed by atoms with Crippen molar-refractivity contribution in [3.8, 4) is 17.0 Å². The first-order valence-electron chi connectivity index (χ1n) is 14.0. The minimum Gasteiger partial charge on any atom is -0.497 e. The molecule has 0 radical (unpaired) electrons. The summed E-state index contributed by atoms with van der Waals surface area (Å²) in [6.07, 6.45) is 1.74. The number of ether oxygens (including phenoxy) is 1. The fourth-order valence-electron chi connectivity index (χ4n) is 5.44. The number of fused-ring (bicyclic) bond motifs is 3. The fraction of sp³-hybridized carbons (Fsp3) is 0.0857. The summed E-state index contributed by atoms with van der Waals surface area (Å²) in [6.45, 7) is 0.548. The Labute approximate surface area is 263 Å². The molecule has 0 bridgehead atoms. The molecule has 1 atom stereocenters. The highest BCUT2D eigenvalue weighted by Crippen LogP contribution is 2.38. The summed E-state index contributed by atoms with van der Waals surface area (Å²) >= 11 is 8.36. The number of benzene rings is 4. The molecule has 3 heterocycles. The quantitative estimate of drug-likeness (QED) is 0.133. The van der Waals surface area contributed by atoms with Crippen LogP contribution in [0.2, 0.25) is 5.02 Å². The Hall–Kier alpha value is -4.79. The molecule has 2 N–H and O–H groups in total. The maximum Gasteiger partial charge on any atom is 0.165 e. The van der Waals surface area contributed by atoms with E-state index in [2.05, 4.69) is 44.0 Å². The molecular formula is C35H27ClFN5OS. The van der Waals surface area contributed by atoms with Crippen LogP contribution in [0.1, 0.15) is 16.8 Å². The van der Waals surface area contributed by atoms with Crippen molar-refractivity contribution in [1.82, 2.24) is 20.3 Å². The van der Waals surface area contributed by atoms with E-state index in [0.717, 1.165) is 55.6 Å². The van der Waals surface area contributed by atoms with Crippen molar-refractivity contribution in [3.05, 3.63) is 136 Å². The van der Waals surface area contributed by atoms with Gasteiger partial charge in [0.15, 0.2) is 5.50 Å². The fourth-order valence-corrected chi connectivity index (χ4v) is 6.46. The van der Waals surface area contributed by atoms with Crippen LogP contribution in [-0.2, 0) is 6.54 Å². The number of rotatable bonds is 8. The first-order valence-corrected chi connectivity index (χ1v) is 15.4. The summed E-state index contributed by atoms with van der Waals surface area (Å²) < 4.78 is 21.2. The third-order valence-corrected chi connectivity index (χ3v) is 8.75. The van der Waals surface area contributed by atoms with Gasteiger partial charge in [-0.05, 0) is 71.1 Å². The average molecular weight is 620 g/mol. The molecule has 0 saturated carbocycles. The first-order chi connectivity index (χ1) is 21.6. The van der Waals surface area contributed by atoms with E-state index in [4.69, 9.17) is 21.3 Å². The highest BCUT2D eigenvalue weighted by Gasteiger charge is 2.20. The SMILES string of the molecule is COc1ccc(C2=CSC(NN=Cc3cc4c5ccccc5n(Cc5ccc(F)cc5)c4c(-c4ccccc4Cl)n3)N2)cc1. The van der Waals surface area contributed by atoms with Gasteiger partial charge >= 0.3 is 0 Å². The van der Waals surface area contributed by atoms with Crippen molar-refractivity contribution in [3.63, 3.8) is 0 Å². The molecule has 9 heteroatoms. The summed E-state index contributed by atoms with van der Waals surface area (Å²) in [4.78, 5) is 5.08. The van der Waals surface area contributed by atoms with Gasteiger partial charge in [0, 0.05) is 28.4 Å². The third-order valence-electron chi connectivity index (χ3n) is 7.55. The summed E-state index contributed by atoms with van der Waals surface area (Å²) in [7, 11) is 1.66. The van der Waals surface area contributed by atoms with Crippen LogP contribution in [0.4, 0.5) is 4.39 Å². The molecule has 4 aromatic carbocycles. The van der Waals surface area contributed by atoms with Gasteiger partial charge in [-0.1, -0.05) is 71.9 Å². The number of halogens is 2. The Morgan fingerprint density at radius 3 is 2.57 bits per heavy atom. The van der Waals surface area contributed by atoms with Crippen molar-refractivity contribution in [2.75, 3.05) is 7.11 Å². The van der Waals surface area contributed by atoms with Crippen LogP contribution in [0.15, 0.2) is 114 Å². The second kappa shape index (κ2) is 12.1. The van der Waals surface area contributed by atoms with E-state index < -0.39 is 0 Å². The van der Waals surface area contributed by atoms with Gasteiger partial charge < -0.3 is 14.6 Å². The van der Waals surface area contributed by atoms with Gasteiger partial charge in [-0.2, -0.15) is 5.10 Å². The number of hydrogen-bond donors (Lipinski definition) is 2. The Bertz CT molecular complexity index is 2040.